The van der Waals surface area contributed by atoms with Gasteiger partial charge in [0.15, 0.2) is 0 Å². The molecule has 3 aromatic rings. The molecule has 2 N–H and O–H groups in total. The van der Waals surface area contributed by atoms with Crippen LogP contribution in [0.25, 0.3) is 10.9 Å². The van der Waals surface area contributed by atoms with Crippen LogP contribution < -0.4 is 5.32 Å². The van der Waals surface area contributed by atoms with Gasteiger partial charge in [-0.05, 0) is 30.2 Å². The van der Waals surface area contributed by atoms with Gasteiger partial charge in [-0.25, -0.2) is 0 Å². The number of aromatic nitrogens is 1. The molecule has 23 heavy (non-hydrogen) atoms. The zero-order valence-electron chi connectivity index (χ0n) is 12.9. The maximum atomic E-state index is 12.5. The van der Waals surface area contributed by atoms with Gasteiger partial charge in [-0.1, -0.05) is 42.5 Å². The quantitative estimate of drug-likeness (QED) is 0.779. The first-order valence-corrected chi connectivity index (χ1v) is 7.51. The summed E-state index contributed by atoms with van der Waals surface area (Å²) in [5.41, 5.74) is 3.88. The lowest BCUT2D eigenvalue weighted by molar-refractivity contribution is 0.0952. The Morgan fingerprint density at radius 3 is 2.61 bits per heavy atom. The van der Waals surface area contributed by atoms with Gasteiger partial charge in [-0.15, -0.1) is 0 Å². The molecule has 1 heterocycles. The zero-order valence-corrected chi connectivity index (χ0v) is 12.9. The molecule has 3 rings (SSSR count). The summed E-state index contributed by atoms with van der Waals surface area (Å²) < 4.78 is 0. The van der Waals surface area contributed by atoms with Gasteiger partial charge in [0.05, 0.1) is 17.7 Å². The third kappa shape index (κ3) is 3.22. The van der Waals surface area contributed by atoms with Crippen molar-refractivity contribution in [3.05, 3.63) is 77.0 Å². The second-order valence-electron chi connectivity index (χ2n) is 5.44. The average molecular weight is 306 g/mol. The van der Waals surface area contributed by atoms with Gasteiger partial charge in [0, 0.05) is 17.6 Å². The van der Waals surface area contributed by atoms with Gasteiger partial charge in [-0.2, -0.15) is 0 Å². The van der Waals surface area contributed by atoms with Crippen molar-refractivity contribution in [1.29, 1.82) is 0 Å². The molecule has 0 saturated heterocycles. The van der Waals surface area contributed by atoms with E-state index in [1.807, 2.05) is 55.5 Å². The summed E-state index contributed by atoms with van der Waals surface area (Å²) in [6.45, 7) is 2.24. The molecule has 0 bridgehead atoms. The second-order valence-corrected chi connectivity index (χ2v) is 5.44. The normalized spacial score (nSPS) is 10.7. The van der Waals surface area contributed by atoms with E-state index in [4.69, 9.17) is 0 Å². The van der Waals surface area contributed by atoms with Crippen LogP contribution >= 0.6 is 0 Å². The highest BCUT2D eigenvalue weighted by atomic mass is 16.3. The third-order valence-corrected chi connectivity index (χ3v) is 3.83. The average Bonchev–Trinajstić information content (AvgIpc) is 2.59. The molecular weight excluding hydrogens is 288 g/mol. The van der Waals surface area contributed by atoms with Crippen molar-refractivity contribution < 1.29 is 9.90 Å². The number of amides is 1. The van der Waals surface area contributed by atoms with Crippen LogP contribution in [0, 0.1) is 6.92 Å². The highest BCUT2D eigenvalue weighted by Gasteiger charge is 2.11. The number of carbonyl (C=O) groups is 1. The number of aliphatic hydroxyl groups excluding tert-OH is 1. The molecule has 0 atom stereocenters. The smallest absolute Gasteiger partial charge is 0.253 e. The lowest BCUT2D eigenvalue weighted by Gasteiger charge is -2.10. The van der Waals surface area contributed by atoms with Gasteiger partial charge in [0.25, 0.3) is 5.91 Å². The van der Waals surface area contributed by atoms with Crippen LogP contribution in [0.2, 0.25) is 0 Å². The Labute approximate surface area is 134 Å². The molecule has 1 aromatic heterocycles. The van der Waals surface area contributed by atoms with Crippen molar-refractivity contribution in [3.8, 4) is 0 Å². The van der Waals surface area contributed by atoms with Crippen molar-refractivity contribution in [2.45, 2.75) is 20.1 Å². The molecule has 0 fully saturated rings. The number of para-hydroxylation sites is 1. The van der Waals surface area contributed by atoms with Crippen LogP contribution in [-0.2, 0) is 13.2 Å². The number of aliphatic hydroxyl groups is 1. The SMILES string of the molecule is Cc1ccc2cccc(C(=O)NCc3ccccc3CO)c2n1. The van der Waals surface area contributed by atoms with E-state index < -0.39 is 0 Å². The number of hydrogen-bond acceptors (Lipinski definition) is 3. The van der Waals surface area contributed by atoms with E-state index in [1.165, 1.54) is 0 Å². The first-order chi connectivity index (χ1) is 11.2. The lowest BCUT2D eigenvalue weighted by Crippen LogP contribution is -2.23. The number of aryl methyl sites for hydroxylation is 1. The summed E-state index contributed by atoms with van der Waals surface area (Å²) in [5.74, 6) is -0.165. The number of rotatable bonds is 4. The van der Waals surface area contributed by atoms with Crippen molar-refractivity contribution in [2.24, 2.45) is 0 Å². The molecule has 116 valence electrons. The van der Waals surface area contributed by atoms with Crippen LogP contribution in [0.1, 0.15) is 27.2 Å². The van der Waals surface area contributed by atoms with Crippen LogP contribution in [0.3, 0.4) is 0 Å². The number of nitrogens with zero attached hydrogens (tertiary/aromatic N) is 1. The Bertz CT molecular complexity index is 859. The fraction of sp³-hybridized carbons (Fsp3) is 0.158. The molecular formula is C19H18N2O2. The van der Waals surface area contributed by atoms with E-state index >= 15 is 0 Å². The van der Waals surface area contributed by atoms with E-state index in [-0.39, 0.29) is 12.5 Å². The maximum Gasteiger partial charge on any atom is 0.253 e. The number of nitrogens with one attached hydrogen (secondary N) is 1. The summed E-state index contributed by atoms with van der Waals surface area (Å²) in [4.78, 5) is 17.0. The van der Waals surface area contributed by atoms with Crippen LogP contribution in [-0.4, -0.2) is 16.0 Å². The predicted molar refractivity (Wildman–Crippen MR) is 90.0 cm³/mol. The zero-order chi connectivity index (χ0) is 16.2. The van der Waals surface area contributed by atoms with Crippen molar-refractivity contribution in [1.82, 2.24) is 10.3 Å². The minimum Gasteiger partial charge on any atom is -0.392 e. The molecule has 0 unspecified atom stereocenters. The topological polar surface area (TPSA) is 62.2 Å². The number of fused-ring (bicyclic) bond motifs is 1. The molecule has 0 aliphatic rings. The predicted octanol–water partition coefficient (Wildman–Crippen LogP) is 2.97. The van der Waals surface area contributed by atoms with Gasteiger partial charge in [0.1, 0.15) is 0 Å². The molecule has 0 spiro atoms. The minimum atomic E-state index is -0.165. The summed E-state index contributed by atoms with van der Waals surface area (Å²) in [7, 11) is 0. The maximum absolute atomic E-state index is 12.5. The van der Waals surface area contributed by atoms with E-state index in [0.29, 0.717) is 17.6 Å². The number of pyridine rings is 1. The van der Waals surface area contributed by atoms with Gasteiger partial charge in [-0.3, -0.25) is 9.78 Å². The monoisotopic (exact) mass is 306 g/mol. The summed E-state index contributed by atoms with van der Waals surface area (Å²) >= 11 is 0. The Morgan fingerprint density at radius 2 is 1.83 bits per heavy atom. The molecule has 0 saturated carbocycles. The molecule has 0 radical (unpaired) electrons. The second kappa shape index (κ2) is 6.58. The number of benzene rings is 2. The summed E-state index contributed by atoms with van der Waals surface area (Å²) in [6, 6.07) is 17.0. The Kier molecular flexibility index (Phi) is 4.35. The van der Waals surface area contributed by atoms with Crippen LogP contribution in [0.4, 0.5) is 0 Å². The minimum absolute atomic E-state index is 0.0406. The molecule has 2 aromatic carbocycles. The molecule has 0 aliphatic carbocycles. The Morgan fingerprint density at radius 1 is 1.04 bits per heavy atom. The van der Waals surface area contributed by atoms with Gasteiger partial charge < -0.3 is 10.4 Å². The van der Waals surface area contributed by atoms with E-state index in [2.05, 4.69) is 10.3 Å². The van der Waals surface area contributed by atoms with E-state index in [1.54, 1.807) is 6.07 Å². The summed E-state index contributed by atoms with van der Waals surface area (Å²) in [5, 5.41) is 13.2. The fourth-order valence-corrected chi connectivity index (χ4v) is 2.58. The third-order valence-electron chi connectivity index (χ3n) is 3.83. The molecule has 4 heteroatoms. The van der Waals surface area contributed by atoms with Gasteiger partial charge in [0.2, 0.25) is 0 Å². The summed E-state index contributed by atoms with van der Waals surface area (Å²) in [6.07, 6.45) is 0. The highest BCUT2D eigenvalue weighted by molar-refractivity contribution is 6.05. The largest absolute Gasteiger partial charge is 0.392 e. The Balaban J connectivity index is 1.85. The van der Waals surface area contributed by atoms with E-state index in [0.717, 1.165) is 22.2 Å². The first-order valence-electron chi connectivity index (χ1n) is 7.51. The highest BCUT2D eigenvalue weighted by Crippen LogP contribution is 2.17. The molecule has 4 nitrogen and oxygen atoms in total. The van der Waals surface area contributed by atoms with Crippen LogP contribution in [0.5, 0.6) is 0 Å². The van der Waals surface area contributed by atoms with Crippen molar-refractivity contribution in [3.63, 3.8) is 0 Å². The van der Waals surface area contributed by atoms with Crippen LogP contribution in [0.15, 0.2) is 54.6 Å². The molecule has 0 aliphatic heterocycles. The lowest BCUT2D eigenvalue weighted by atomic mass is 10.1. The van der Waals surface area contributed by atoms with Gasteiger partial charge >= 0.3 is 0 Å². The van der Waals surface area contributed by atoms with E-state index in [9.17, 15) is 9.90 Å². The number of hydrogen-bond donors (Lipinski definition) is 2. The molecule has 1 amide bonds. The first kappa shape index (κ1) is 15.2. The van der Waals surface area contributed by atoms with Crippen molar-refractivity contribution in [2.75, 3.05) is 0 Å². The fourth-order valence-electron chi connectivity index (χ4n) is 2.58. The number of carbonyl (C=O) groups excluding carboxylic acids is 1. The standard InChI is InChI=1S/C19H18N2O2/c1-13-9-10-14-7-4-8-17(18(14)21-13)19(23)20-11-15-5-2-3-6-16(15)12-22/h2-10,22H,11-12H2,1H3,(H,20,23). The Hall–Kier alpha value is -2.72. The van der Waals surface area contributed by atoms with Crippen molar-refractivity contribution >= 4 is 16.8 Å².